The average Bonchev–Trinajstić information content (AvgIpc) is 2.83. The summed E-state index contributed by atoms with van der Waals surface area (Å²) >= 11 is 0. The van der Waals surface area contributed by atoms with Gasteiger partial charge in [0.25, 0.3) is 0 Å². The van der Waals surface area contributed by atoms with Gasteiger partial charge in [-0.1, -0.05) is 24.9 Å². The first-order chi connectivity index (χ1) is 10.5. The van der Waals surface area contributed by atoms with Gasteiger partial charge in [0.15, 0.2) is 0 Å². The molecule has 2 N–H and O–H groups in total. The minimum absolute atomic E-state index is 0.000739. The van der Waals surface area contributed by atoms with Gasteiger partial charge in [-0.25, -0.2) is 4.79 Å². The normalized spacial score (nSPS) is 23.0. The molecule has 2 rings (SSSR count). The van der Waals surface area contributed by atoms with Crippen LogP contribution in [0.15, 0.2) is 4.52 Å². The van der Waals surface area contributed by atoms with E-state index in [9.17, 15) is 9.00 Å². The highest BCUT2D eigenvalue weighted by Crippen LogP contribution is 2.23. The van der Waals surface area contributed by atoms with E-state index in [4.69, 9.17) is 4.52 Å². The summed E-state index contributed by atoms with van der Waals surface area (Å²) < 4.78 is 17.2. The lowest BCUT2D eigenvalue weighted by Crippen LogP contribution is -2.50. The molecule has 0 bridgehead atoms. The summed E-state index contributed by atoms with van der Waals surface area (Å²) in [4.78, 5) is 12.1. The number of amides is 2. The summed E-state index contributed by atoms with van der Waals surface area (Å²) in [6, 6.07) is -0.218. The molecule has 1 heterocycles. The molecule has 0 aliphatic heterocycles. The highest BCUT2D eigenvalue weighted by molar-refractivity contribution is 7.85. The molecular formula is C15H25N3O3S. The average molecular weight is 327 g/mol. The SMILES string of the molecule is CC[S@](=O)[C@H]1CCCC[C@H]1NC(=O)NCc1c(C)noc1C. The van der Waals surface area contributed by atoms with Gasteiger partial charge in [-0.3, -0.25) is 4.21 Å². The van der Waals surface area contributed by atoms with Crippen LogP contribution < -0.4 is 10.6 Å². The summed E-state index contributed by atoms with van der Waals surface area (Å²) in [6.07, 6.45) is 3.99. The van der Waals surface area contributed by atoms with Crippen molar-refractivity contribution in [2.45, 2.75) is 64.3 Å². The standard InChI is InChI=1S/C15H25N3O3S/c1-4-22(20)14-8-6-5-7-13(14)17-15(19)16-9-12-10(2)18-21-11(12)3/h13-14H,4-9H2,1-3H3,(H2,16,17,19)/t13-,14+,22+/m1/s1. The van der Waals surface area contributed by atoms with Crippen molar-refractivity contribution in [1.29, 1.82) is 0 Å². The zero-order chi connectivity index (χ0) is 16.1. The van der Waals surface area contributed by atoms with E-state index in [1.54, 1.807) is 0 Å². The molecule has 1 aliphatic carbocycles. The molecule has 0 aromatic carbocycles. The van der Waals surface area contributed by atoms with Crippen molar-refractivity contribution in [2.75, 3.05) is 5.75 Å². The first kappa shape index (κ1) is 17.0. The van der Waals surface area contributed by atoms with E-state index >= 15 is 0 Å². The zero-order valence-corrected chi connectivity index (χ0v) is 14.3. The molecule has 0 unspecified atom stereocenters. The minimum Gasteiger partial charge on any atom is -0.361 e. The lowest BCUT2D eigenvalue weighted by molar-refractivity contribution is 0.232. The molecule has 6 nitrogen and oxygen atoms in total. The number of carbonyl (C=O) groups excluding carboxylic acids is 1. The van der Waals surface area contributed by atoms with Gasteiger partial charge < -0.3 is 15.2 Å². The molecule has 1 aromatic heterocycles. The van der Waals surface area contributed by atoms with Crippen LogP contribution >= 0.6 is 0 Å². The highest BCUT2D eigenvalue weighted by atomic mass is 32.2. The van der Waals surface area contributed by atoms with Crippen LogP contribution in [0.3, 0.4) is 0 Å². The van der Waals surface area contributed by atoms with Gasteiger partial charge in [0.05, 0.1) is 10.9 Å². The summed E-state index contributed by atoms with van der Waals surface area (Å²) in [7, 11) is -0.868. The van der Waals surface area contributed by atoms with Gasteiger partial charge in [0.2, 0.25) is 0 Å². The number of aromatic nitrogens is 1. The Hall–Kier alpha value is -1.37. The van der Waals surface area contributed by atoms with E-state index in [0.717, 1.165) is 42.7 Å². The van der Waals surface area contributed by atoms with Gasteiger partial charge >= 0.3 is 6.03 Å². The van der Waals surface area contributed by atoms with Crippen LogP contribution in [0.1, 0.15) is 49.6 Å². The third-order valence-electron chi connectivity index (χ3n) is 4.25. The molecule has 3 atom stereocenters. The number of hydrogen-bond acceptors (Lipinski definition) is 4. The second-order valence-electron chi connectivity index (χ2n) is 5.73. The van der Waals surface area contributed by atoms with Crippen LogP contribution in [0.4, 0.5) is 4.79 Å². The van der Waals surface area contributed by atoms with Gasteiger partial charge in [-0.2, -0.15) is 0 Å². The highest BCUT2D eigenvalue weighted by Gasteiger charge is 2.30. The largest absolute Gasteiger partial charge is 0.361 e. The fraction of sp³-hybridized carbons (Fsp3) is 0.733. The first-order valence-electron chi connectivity index (χ1n) is 7.86. The summed E-state index contributed by atoms with van der Waals surface area (Å²) in [5.41, 5.74) is 1.70. The quantitative estimate of drug-likeness (QED) is 0.868. The Labute approximate surface area is 133 Å². The molecule has 2 amide bonds. The Morgan fingerprint density at radius 2 is 2.09 bits per heavy atom. The topological polar surface area (TPSA) is 84.2 Å². The Kier molecular flexibility index (Phi) is 5.99. The lowest BCUT2D eigenvalue weighted by atomic mass is 9.95. The molecule has 1 aliphatic rings. The Morgan fingerprint density at radius 1 is 1.36 bits per heavy atom. The summed E-state index contributed by atoms with van der Waals surface area (Å²) in [6.45, 7) is 6.00. The van der Waals surface area contributed by atoms with Crippen molar-refractivity contribution in [3.63, 3.8) is 0 Å². The monoisotopic (exact) mass is 327 g/mol. The van der Waals surface area contributed by atoms with Crippen LogP contribution in [0.5, 0.6) is 0 Å². The van der Waals surface area contributed by atoms with Gasteiger partial charge in [0, 0.05) is 34.7 Å². The molecule has 0 spiro atoms. The van der Waals surface area contributed by atoms with E-state index < -0.39 is 10.8 Å². The Bertz CT molecular complexity index is 525. The molecule has 1 aromatic rings. The van der Waals surface area contributed by atoms with E-state index in [1.807, 2.05) is 20.8 Å². The number of aryl methyl sites for hydroxylation is 2. The smallest absolute Gasteiger partial charge is 0.315 e. The van der Waals surface area contributed by atoms with Crippen molar-refractivity contribution < 1.29 is 13.5 Å². The molecular weight excluding hydrogens is 302 g/mol. The molecule has 22 heavy (non-hydrogen) atoms. The lowest BCUT2D eigenvalue weighted by Gasteiger charge is -2.31. The molecule has 1 saturated carbocycles. The number of nitrogens with one attached hydrogen (secondary N) is 2. The van der Waals surface area contributed by atoms with Crippen molar-refractivity contribution >= 4 is 16.8 Å². The van der Waals surface area contributed by atoms with E-state index in [1.165, 1.54) is 0 Å². The number of urea groups is 1. The van der Waals surface area contributed by atoms with Crippen molar-refractivity contribution in [3.8, 4) is 0 Å². The number of carbonyl (C=O) groups is 1. The number of rotatable bonds is 5. The van der Waals surface area contributed by atoms with Crippen LogP contribution in [0, 0.1) is 13.8 Å². The molecule has 1 fully saturated rings. The minimum atomic E-state index is -0.868. The molecule has 124 valence electrons. The summed E-state index contributed by atoms with van der Waals surface area (Å²) in [5, 5.41) is 9.78. The van der Waals surface area contributed by atoms with Crippen LogP contribution in [-0.2, 0) is 17.3 Å². The van der Waals surface area contributed by atoms with E-state index in [2.05, 4.69) is 15.8 Å². The second-order valence-corrected chi connectivity index (χ2v) is 7.67. The fourth-order valence-corrected chi connectivity index (χ4v) is 4.36. The maximum atomic E-state index is 12.1. The van der Waals surface area contributed by atoms with Gasteiger partial charge in [-0.05, 0) is 26.7 Å². The predicted molar refractivity (Wildman–Crippen MR) is 86.1 cm³/mol. The van der Waals surface area contributed by atoms with E-state index in [0.29, 0.717) is 12.3 Å². The number of nitrogens with zero attached hydrogens (tertiary/aromatic N) is 1. The molecule has 0 radical (unpaired) electrons. The third kappa shape index (κ3) is 4.09. The van der Waals surface area contributed by atoms with Crippen molar-refractivity contribution in [2.24, 2.45) is 0 Å². The number of hydrogen-bond donors (Lipinski definition) is 2. The Balaban J connectivity index is 1.89. The van der Waals surface area contributed by atoms with Gasteiger partial charge in [0.1, 0.15) is 5.76 Å². The van der Waals surface area contributed by atoms with E-state index in [-0.39, 0.29) is 17.3 Å². The second kappa shape index (κ2) is 7.76. The Morgan fingerprint density at radius 3 is 2.73 bits per heavy atom. The molecule has 7 heteroatoms. The fourth-order valence-electron chi connectivity index (χ4n) is 2.93. The van der Waals surface area contributed by atoms with Crippen LogP contribution in [0.2, 0.25) is 0 Å². The summed E-state index contributed by atoms with van der Waals surface area (Å²) in [5.74, 6) is 1.37. The zero-order valence-electron chi connectivity index (χ0n) is 13.5. The van der Waals surface area contributed by atoms with Crippen molar-refractivity contribution in [3.05, 3.63) is 17.0 Å². The van der Waals surface area contributed by atoms with Gasteiger partial charge in [-0.15, -0.1) is 0 Å². The van der Waals surface area contributed by atoms with Crippen molar-refractivity contribution in [1.82, 2.24) is 15.8 Å². The van der Waals surface area contributed by atoms with Crippen LogP contribution in [-0.4, -0.2) is 32.4 Å². The maximum absolute atomic E-state index is 12.1. The predicted octanol–water partition coefficient (Wildman–Crippen LogP) is 2.17. The first-order valence-corrected chi connectivity index (χ1v) is 9.24. The maximum Gasteiger partial charge on any atom is 0.315 e. The molecule has 0 saturated heterocycles. The van der Waals surface area contributed by atoms with Crippen LogP contribution in [0.25, 0.3) is 0 Å². The third-order valence-corrected chi connectivity index (χ3v) is 6.06.